The predicted octanol–water partition coefficient (Wildman–Crippen LogP) is 2.85. The summed E-state index contributed by atoms with van der Waals surface area (Å²) in [5.74, 6) is 0.839. The van der Waals surface area contributed by atoms with Crippen molar-refractivity contribution in [2.24, 2.45) is 5.73 Å². The molecule has 33 heavy (non-hydrogen) atoms. The number of H-pyrrole nitrogens is 1. The second kappa shape index (κ2) is 8.35. The molecule has 6 rings (SSSR count). The SMILES string of the molecule is CCc1[nH]c2nc(Sc3cnc4nc5c(nc4c3)CCNC5)nc(N3CC[C@H](N)C3)c2c1Cl. The number of halogens is 1. The standard InChI is InChI=1S/C22H24ClN9S/c1-2-13-18(23)17-20(28-13)30-22(31-21(17)32-6-4-11(24)10-32)33-12-7-15-19(26-8-12)29-16-9-25-5-3-14(16)27-15/h7-8,11,25H,2-6,9-10,24H2,1H3,(H,28,30,31)/t11-/m0/s1. The van der Waals surface area contributed by atoms with Crippen LogP contribution in [0.3, 0.4) is 0 Å². The molecule has 9 nitrogen and oxygen atoms in total. The molecule has 0 aliphatic carbocycles. The van der Waals surface area contributed by atoms with Crippen molar-refractivity contribution in [2.45, 2.75) is 48.8 Å². The average Bonchev–Trinajstić information content (AvgIpc) is 3.40. The van der Waals surface area contributed by atoms with E-state index in [2.05, 4.69) is 32.1 Å². The first-order valence-electron chi connectivity index (χ1n) is 11.2. The Bertz CT molecular complexity index is 1370. The molecule has 0 radical (unpaired) electrons. The van der Waals surface area contributed by atoms with Gasteiger partial charge in [-0.15, -0.1) is 0 Å². The van der Waals surface area contributed by atoms with Crippen LogP contribution in [0, 0.1) is 0 Å². The van der Waals surface area contributed by atoms with Gasteiger partial charge in [0.1, 0.15) is 17.0 Å². The van der Waals surface area contributed by atoms with Gasteiger partial charge >= 0.3 is 0 Å². The minimum Gasteiger partial charge on any atom is -0.354 e. The monoisotopic (exact) mass is 481 g/mol. The molecule has 2 aliphatic heterocycles. The summed E-state index contributed by atoms with van der Waals surface area (Å²) in [5, 5.41) is 5.53. The maximum Gasteiger partial charge on any atom is 0.196 e. The molecule has 0 bridgehead atoms. The van der Waals surface area contributed by atoms with Crippen LogP contribution in [0.4, 0.5) is 5.82 Å². The van der Waals surface area contributed by atoms with Crippen molar-refractivity contribution in [2.75, 3.05) is 24.5 Å². The van der Waals surface area contributed by atoms with E-state index in [1.165, 1.54) is 11.8 Å². The summed E-state index contributed by atoms with van der Waals surface area (Å²) in [6.45, 7) is 5.34. The zero-order valence-electron chi connectivity index (χ0n) is 18.2. The Morgan fingerprint density at radius 3 is 2.97 bits per heavy atom. The summed E-state index contributed by atoms with van der Waals surface area (Å²) in [4.78, 5) is 30.3. The van der Waals surface area contributed by atoms with Gasteiger partial charge in [0, 0.05) is 55.4 Å². The summed E-state index contributed by atoms with van der Waals surface area (Å²) in [6, 6.07) is 2.15. The van der Waals surface area contributed by atoms with Crippen LogP contribution < -0.4 is 16.0 Å². The van der Waals surface area contributed by atoms with Crippen LogP contribution in [-0.2, 0) is 19.4 Å². The van der Waals surface area contributed by atoms with Crippen LogP contribution >= 0.6 is 23.4 Å². The maximum atomic E-state index is 6.71. The van der Waals surface area contributed by atoms with Gasteiger partial charge in [-0.2, -0.15) is 0 Å². The van der Waals surface area contributed by atoms with Crippen molar-refractivity contribution < 1.29 is 0 Å². The number of pyridine rings is 1. The molecular weight excluding hydrogens is 458 g/mol. The van der Waals surface area contributed by atoms with Crippen LogP contribution in [-0.4, -0.2) is 55.6 Å². The highest BCUT2D eigenvalue weighted by atomic mass is 35.5. The van der Waals surface area contributed by atoms with Gasteiger partial charge in [0.2, 0.25) is 0 Å². The number of rotatable bonds is 4. The zero-order chi connectivity index (χ0) is 22.5. The zero-order valence-corrected chi connectivity index (χ0v) is 19.8. The van der Waals surface area contributed by atoms with Crippen LogP contribution in [0.15, 0.2) is 22.3 Å². The molecule has 0 spiro atoms. The number of fused-ring (bicyclic) bond motifs is 3. The lowest BCUT2D eigenvalue weighted by Gasteiger charge is -2.18. The molecule has 1 fully saturated rings. The first-order valence-corrected chi connectivity index (χ1v) is 12.4. The fourth-order valence-electron chi connectivity index (χ4n) is 4.48. The minimum atomic E-state index is 0.138. The number of nitrogens with two attached hydrogens (primary N) is 1. The Labute approximate surface area is 200 Å². The summed E-state index contributed by atoms with van der Waals surface area (Å²) < 4.78 is 0. The second-order valence-electron chi connectivity index (χ2n) is 8.48. The van der Waals surface area contributed by atoms with E-state index in [9.17, 15) is 0 Å². The molecule has 4 N–H and O–H groups in total. The number of nitrogens with zero attached hydrogens (tertiary/aromatic N) is 6. The number of aromatic nitrogens is 6. The van der Waals surface area contributed by atoms with Gasteiger partial charge in [0.05, 0.1) is 21.8 Å². The van der Waals surface area contributed by atoms with E-state index >= 15 is 0 Å². The molecule has 0 unspecified atom stereocenters. The normalized spacial score (nSPS) is 18.4. The summed E-state index contributed by atoms with van der Waals surface area (Å²) >= 11 is 8.17. The van der Waals surface area contributed by atoms with E-state index < -0.39 is 0 Å². The molecule has 1 saturated heterocycles. The van der Waals surface area contributed by atoms with E-state index in [0.717, 1.165) is 89.8 Å². The third-order valence-corrected chi connectivity index (χ3v) is 7.43. The highest BCUT2D eigenvalue weighted by Crippen LogP contribution is 2.37. The van der Waals surface area contributed by atoms with Crippen molar-refractivity contribution in [1.82, 2.24) is 35.2 Å². The molecule has 4 aromatic heterocycles. The number of nitrogens with one attached hydrogen (secondary N) is 2. The lowest BCUT2D eigenvalue weighted by atomic mass is 10.1. The number of aryl methyl sites for hydroxylation is 1. The average molecular weight is 482 g/mol. The highest BCUT2D eigenvalue weighted by Gasteiger charge is 2.26. The van der Waals surface area contributed by atoms with E-state index in [4.69, 9.17) is 32.3 Å². The molecule has 2 aliphatic rings. The van der Waals surface area contributed by atoms with E-state index in [1.807, 2.05) is 12.3 Å². The molecule has 170 valence electrons. The Morgan fingerprint density at radius 1 is 1.24 bits per heavy atom. The Balaban J connectivity index is 1.40. The summed E-state index contributed by atoms with van der Waals surface area (Å²) in [5.41, 5.74) is 11.4. The molecule has 11 heteroatoms. The molecule has 1 atom stereocenters. The molecular formula is C22H24ClN9S. The molecule has 0 aromatic carbocycles. The predicted molar refractivity (Wildman–Crippen MR) is 130 cm³/mol. The summed E-state index contributed by atoms with van der Waals surface area (Å²) in [6.07, 6.45) is 4.42. The smallest absolute Gasteiger partial charge is 0.196 e. The van der Waals surface area contributed by atoms with Gasteiger partial charge in [-0.3, -0.25) is 0 Å². The van der Waals surface area contributed by atoms with Gasteiger partial charge in [0.25, 0.3) is 0 Å². The lowest BCUT2D eigenvalue weighted by molar-refractivity contribution is 0.617. The van der Waals surface area contributed by atoms with Crippen molar-refractivity contribution in [3.63, 3.8) is 0 Å². The highest BCUT2D eigenvalue weighted by molar-refractivity contribution is 7.99. The van der Waals surface area contributed by atoms with Gasteiger partial charge in [-0.1, -0.05) is 18.5 Å². The van der Waals surface area contributed by atoms with Crippen molar-refractivity contribution >= 4 is 51.4 Å². The topological polar surface area (TPSA) is 122 Å². The third kappa shape index (κ3) is 3.80. The molecule has 6 heterocycles. The third-order valence-electron chi connectivity index (χ3n) is 6.19. The molecule has 4 aromatic rings. The second-order valence-corrected chi connectivity index (χ2v) is 9.90. The van der Waals surface area contributed by atoms with Gasteiger partial charge in [-0.05, 0) is 30.7 Å². The fourth-order valence-corrected chi connectivity index (χ4v) is 5.59. The first-order chi connectivity index (χ1) is 16.1. The largest absolute Gasteiger partial charge is 0.354 e. The van der Waals surface area contributed by atoms with Crippen LogP contribution in [0.25, 0.3) is 22.2 Å². The van der Waals surface area contributed by atoms with Gasteiger partial charge in [0.15, 0.2) is 10.8 Å². The summed E-state index contributed by atoms with van der Waals surface area (Å²) in [7, 11) is 0. The number of hydrogen-bond donors (Lipinski definition) is 3. The quantitative estimate of drug-likeness (QED) is 0.377. The van der Waals surface area contributed by atoms with Crippen LogP contribution in [0.1, 0.15) is 30.4 Å². The Morgan fingerprint density at radius 2 is 2.15 bits per heavy atom. The Kier molecular flexibility index (Phi) is 5.33. The van der Waals surface area contributed by atoms with Crippen molar-refractivity contribution in [3.05, 3.63) is 34.4 Å². The van der Waals surface area contributed by atoms with Crippen LogP contribution in [0.5, 0.6) is 0 Å². The Hall–Kier alpha value is -2.53. The number of hydrogen-bond acceptors (Lipinski definition) is 9. The molecule has 0 amide bonds. The molecule has 0 saturated carbocycles. The van der Waals surface area contributed by atoms with Crippen molar-refractivity contribution in [3.8, 4) is 0 Å². The van der Waals surface area contributed by atoms with Crippen molar-refractivity contribution in [1.29, 1.82) is 0 Å². The number of aromatic amines is 1. The van der Waals surface area contributed by atoms with E-state index in [1.54, 1.807) is 0 Å². The maximum absolute atomic E-state index is 6.71. The minimum absolute atomic E-state index is 0.138. The lowest BCUT2D eigenvalue weighted by Crippen LogP contribution is -2.27. The van der Waals surface area contributed by atoms with E-state index in [0.29, 0.717) is 15.8 Å². The first kappa shape index (κ1) is 21.0. The fraction of sp³-hybridized carbons (Fsp3) is 0.409. The van der Waals surface area contributed by atoms with Crippen LogP contribution in [0.2, 0.25) is 5.02 Å². The van der Waals surface area contributed by atoms with Gasteiger partial charge < -0.3 is 20.9 Å². The van der Waals surface area contributed by atoms with E-state index in [-0.39, 0.29) is 6.04 Å². The number of anilines is 1. The van der Waals surface area contributed by atoms with Gasteiger partial charge in [-0.25, -0.2) is 24.9 Å².